The number of carbonyl (C=O) groups excluding carboxylic acids is 1. The van der Waals surface area contributed by atoms with E-state index in [1.165, 1.54) is 23.4 Å². The number of amides is 1. The molecule has 0 aromatic heterocycles. The Morgan fingerprint density at radius 2 is 1.61 bits per heavy atom. The SMILES string of the molecule is COc1cc2c(cc1OC)[C@@H](c1ccccc1)N(S(=O)(=O)c1ccc(NC(C)=O)cc1)CC2. The first-order valence-corrected chi connectivity index (χ1v) is 12.0. The molecule has 0 saturated heterocycles. The summed E-state index contributed by atoms with van der Waals surface area (Å²) in [5, 5.41) is 2.66. The van der Waals surface area contributed by atoms with E-state index in [1.807, 2.05) is 42.5 Å². The summed E-state index contributed by atoms with van der Waals surface area (Å²) in [7, 11) is -0.682. The highest BCUT2D eigenvalue weighted by molar-refractivity contribution is 7.89. The summed E-state index contributed by atoms with van der Waals surface area (Å²) in [6, 6.07) is 19.1. The normalized spacial score (nSPS) is 16.0. The Kier molecular flexibility index (Phi) is 6.40. The molecule has 0 unspecified atom stereocenters. The minimum absolute atomic E-state index is 0.168. The molecule has 0 radical (unpaired) electrons. The third-order valence-corrected chi connectivity index (χ3v) is 7.60. The maximum Gasteiger partial charge on any atom is 0.243 e. The molecule has 8 heteroatoms. The van der Waals surface area contributed by atoms with Gasteiger partial charge in [-0.15, -0.1) is 0 Å². The zero-order chi connectivity index (χ0) is 23.6. The van der Waals surface area contributed by atoms with E-state index in [0.717, 1.165) is 16.7 Å². The fraction of sp³-hybridized carbons (Fsp3) is 0.240. The van der Waals surface area contributed by atoms with Gasteiger partial charge in [-0.25, -0.2) is 8.42 Å². The van der Waals surface area contributed by atoms with Gasteiger partial charge in [-0.1, -0.05) is 30.3 Å². The Balaban J connectivity index is 1.81. The van der Waals surface area contributed by atoms with Gasteiger partial charge < -0.3 is 14.8 Å². The lowest BCUT2D eigenvalue weighted by molar-refractivity contribution is -0.114. The number of hydrogen-bond acceptors (Lipinski definition) is 5. The number of methoxy groups -OCH3 is 2. The van der Waals surface area contributed by atoms with E-state index < -0.39 is 16.1 Å². The fourth-order valence-electron chi connectivity index (χ4n) is 4.21. The number of benzene rings is 3. The van der Waals surface area contributed by atoms with E-state index in [9.17, 15) is 13.2 Å². The van der Waals surface area contributed by atoms with E-state index in [2.05, 4.69) is 5.32 Å². The molecular formula is C25H26N2O5S. The van der Waals surface area contributed by atoms with Crippen molar-refractivity contribution in [1.82, 2.24) is 4.31 Å². The van der Waals surface area contributed by atoms with Crippen molar-refractivity contribution in [2.24, 2.45) is 0 Å². The molecule has 3 aromatic rings. The lowest BCUT2D eigenvalue weighted by Crippen LogP contribution is -2.40. The van der Waals surface area contributed by atoms with Gasteiger partial charge in [0.15, 0.2) is 11.5 Å². The first kappa shape index (κ1) is 22.8. The molecule has 4 rings (SSSR count). The standard InChI is InChI=1S/C25H26N2O5S/c1-17(28)26-20-9-11-21(12-10-20)33(29,30)27-14-13-19-15-23(31-2)24(32-3)16-22(19)25(27)18-7-5-4-6-8-18/h4-12,15-16,25H,13-14H2,1-3H3,(H,26,28)/t25-/m1/s1. The zero-order valence-electron chi connectivity index (χ0n) is 18.7. The topological polar surface area (TPSA) is 84.9 Å². The summed E-state index contributed by atoms with van der Waals surface area (Å²) in [6.45, 7) is 1.72. The van der Waals surface area contributed by atoms with E-state index in [1.54, 1.807) is 26.4 Å². The van der Waals surface area contributed by atoms with Crippen molar-refractivity contribution in [2.45, 2.75) is 24.3 Å². The molecule has 1 N–H and O–H groups in total. The number of nitrogens with one attached hydrogen (secondary N) is 1. The number of anilines is 1. The second kappa shape index (κ2) is 9.25. The molecule has 0 saturated carbocycles. The van der Waals surface area contributed by atoms with Gasteiger partial charge >= 0.3 is 0 Å². The Labute approximate surface area is 194 Å². The summed E-state index contributed by atoms with van der Waals surface area (Å²) in [5.41, 5.74) is 3.29. The predicted octanol–water partition coefficient (Wildman–Crippen LogP) is 4.00. The van der Waals surface area contributed by atoms with Crippen LogP contribution in [0.5, 0.6) is 11.5 Å². The van der Waals surface area contributed by atoms with Crippen molar-refractivity contribution >= 4 is 21.6 Å². The quantitative estimate of drug-likeness (QED) is 0.594. The van der Waals surface area contributed by atoms with Gasteiger partial charge in [-0.05, 0) is 59.5 Å². The first-order chi connectivity index (χ1) is 15.8. The van der Waals surface area contributed by atoms with Crippen LogP contribution in [-0.2, 0) is 21.2 Å². The minimum Gasteiger partial charge on any atom is -0.493 e. The number of carbonyl (C=O) groups is 1. The summed E-state index contributed by atoms with van der Waals surface area (Å²) in [4.78, 5) is 11.5. The molecule has 1 aliphatic rings. The Morgan fingerprint density at radius 3 is 2.21 bits per heavy atom. The van der Waals surface area contributed by atoms with Crippen molar-refractivity contribution in [3.63, 3.8) is 0 Å². The number of hydrogen-bond donors (Lipinski definition) is 1. The van der Waals surface area contributed by atoms with Gasteiger partial charge in [-0.3, -0.25) is 4.79 Å². The van der Waals surface area contributed by atoms with Crippen molar-refractivity contribution in [3.8, 4) is 11.5 Å². The predicted molar refractivity (Wildman–Crippen MR) is 126 cm³/mol. The molecule has 0 fully saturated rings. The van der Waals surface area contributed by atoms with Gasteiger partial charge in [0.1, 0.15) is 0 Å². The number of sulfonamides is 1. The van der Waals surface area contributed by atoms with Gasteiger partial charge in [0.2, 0.25) is 15.9 Å². The lowest BCUT2D eigenvalue weighted by atomic mass is 9.89. The van der Waals surface area contributed by atoms with Crippen LogP contribution in [0, 0.1) is 0 Å². The van der Waals surface area contributed by atoms with E-state index >= 15 is 0 Å². The molecule has 3 aromatic carbocycles. The average Bonchev–Trinajstić information content (AvgIpc) is 2.82. The van der Waals surface area contributed by atoms with Crippen LogP contribution in [0.2, 0.25) is 0 Å². The highest BCUT2D eigenvalue weighted by Gasteiger charge is 2.38. The third-order valence-electron chi connectivity index (χ3n) is 5.73. The van der Waals surface area contributed by atoms with Gasteiger partial charge in [0.25, 0.3) is 0 Å². The molecule has 33 heavy (non-hydrogen) atoms. The minimum atomic E-state index is -3.83. The molecule has 172 valence electrons. The summed E-state index contributed by atoms with van der Waals surface area (Å²) in [5.74, 6) is 0.954. The monoisotopic (exact) mass is 466 g/mol. The first-order valence-electron chi connectivity index (χ1n) is 10.5. The van der Waals surface area contributed by atoms with Gasteiger partial charge in [0, 0.05) is 19.2 Å². The second-order valence-electron chi connectivity index (χ2n) is 7.79. The summed E-state index contributed by atoms with van der Waals surface area (Å²) in [6.07, 6.45) is 0.544. The van der Waals surface area contributed by atoms with Crippen LogP contribution in [-0.4, -0.2) is 39.4 Å². The zero-order valence-corrected chi connectivity index (χ0v) is 19.6. The molecule has 1 amide bonds. The van der Waals surface area contributed by atoms with E-state index in [0.29, 0.717) is 30.2 Å². The smallest absolute Gasteiger partial charge is 0.243 e. The van der Waals surface area contributed by atoms with Crippen molar-refractivity contribution < 1.29 is 22.7 Å². The van der Waals surface area contributed by atoms with Crippen LogP contribution >= 0.6 is 0 Å². The van der Waals surface area contributed by atoms with E-state index in [4.69, 9.17) is 9.47 Å². The number of ether oxygens (including phenoxy) is 2. The molecule has 1 heterocycles. The Morgan fingerprint density at radius 1 is 0.970 bits per heavy atom. The molecule has 0 bridgehead atoms. The van der Waals surface area contributed by atoms with E-state index in [-0.39, 0.29) is 10.8 Å². The molecule has 0 aliphatic carbocycles. The Hall–Kier alpha value is -3.36. The van der Waals surface area contributed by atoms with Gasteiger partial charge in [0.05, 0.1) is 25.2 Å². The third kappa shape index (κ3) is 4.44. The number of rotatable bonds is 6. The number of nitrogens with zero attached hydrogens (tertiary/aromatic N) is 1. The van der Waals surface area contributed by atoms with Gasteiger partial charge in [-0.2, -0.15) is 4.31 Å². The maximum absolute atomic E-state index is 13.8. The highest BCUT2D eigenvalue weighted by Crippen LogP contribution is 2.43. The van der Waals surface area contributed by atoms with Crippen LogP contribution < -0.4 is 14.8 Å². The largest absolute Gasteiger partial charge is 0.493 e. The molecule has 1 aliphatic heterocycles. The van der Waals surface area contributed by atoms with Crippen LogP contribution in [0.3, 0.4) is 0 Å². The molecule has 7 nitrogen and oxygen atoms in total. The highest BCUT2D eigenvalue weighted by atomic mass is 32.2. The lowest BCUT2D eigenvalue weighted by Gasteiger charge is -2.37. The van der Waals surface area contributed by atoms with Crippen LogP contribution in [0.25, 0.3) is 0 Å². The number of fused-ring (bicyclic) bond motifs is 1. The Bertz CT molecular complexity index is 1260. The molecule has 1 atom stereocenters. The van der Waals surface area contributed by atoms with Crippen molar-refractivity contribution in [1.29, 1.82) is 0 Å². The fourth-order valence-corrected chi connectivity index (χ4v) is 5.81. The molecular weight excluding hydrogens is 440 g/mol. The summed E-state index contributed by atoms with van der Waals surface area (Å²) < 4.78 is 40.0. The average molecular weight is 467 g/mol. The van der Waals surface area contributed by atoms with Crippen LogP contribution in [0.4, 0.5) is 5.69 Å². The maximum atomic E-state index is 13.8. The van der Waals surface area contributed by atoms with Crippen molar-refractivity contribution in [3.05, 3.63) is 83.4 Å². The van der Waals surface area contributed by atoms with Crippen LogP contribution in [0.1, 0.15) is 29.7 Å². The van der Waals surface area contributed by atoms with Crippen LogP contribution in [0.15, 0.2) is 71.6 Å². The second-order valence-corrected chi connectivity index (χ2v) is 9.68. The summed E-state index contributed by atoms with van der Waals surface area (Å²) >= 11 is 0. The van der Waals surface area contributed by atoms with Crippen molar-refractivity contribution in [2.75, 3.05) is 26.1 Å². The molecule has 0 spiro atoms.